The lowest BCUT2D eigenvalue weighted by molar-refractivity contribution is -0.173. The van der Waals surface area contributed by atoms with Gasteiger partial charge >= 0.3 is 5.97 Å². The molecule has 0 aliphatic heterocycles. The average molecular weight is 359 g/mol. The van der Waals surface area contributed by atoms with Gasteiger partial charge in [0.1, 0.15) is 6.10 Å². The van der Waals surface area contributed by atoms with Crippen LogP contribution >= 0.6 is 0 Å². The third-order valence-corrected chi connectivity index (χ3v) is 8.27. The van der Waals surface area contributed by atoms with Crippen molar-refractivity contribution in [3.8, 4) is 0 Å². The van der Waals surface area contributed by atoms with Crippen molar-refractivity contribution in [2.75, 3.05) is 0 Å². The number of carbonyl (C=O) groups is 2. The van der Waals surface area contributed by atoms with Gasteiger partial charge in [0.2, 0.25) is 0 Å². The highest BCUT2D eigenvalue weighted by Crippen LogP contribution is 2.66. The van der Waals surface area contributed by atoms with Crippen LogP contribution in [-0.4, -0.2) is 23.9 Å². The summed E-state index contributed by atoms with van der Waals surface area (Å²) in [6, 6.07) is -0.177. The van der Waals surface area contributed by atoms with E-state index in [1.807, 2.05) is 6.08 Å². The zero-order valence-corrected chi connectivity index (χ0v) is 16.0. The minimum Gasteiger partial charge on any atom is -0.462 e. The molecule has 0 saturated heterocycles. The van der Waals surface area contributed by atoms with Crippen LogP contribution in [0.4, 0.5) is 0 Å². The number of ether oxygens (including phenoxy) is 1. The second kappa shape index (κ2) is 6.00. The average Bonchev–Trinajstić information content (AvgIpc) is 2.90. The number of nitrogens with zero attached hydrogens (tertiary/aromatic N) is 1. The lowest BCUT2D eigenvalue weighted by atomic mass is 9.46. The molecule has 5 heteroatoms. The van der Waals surface area contributed by atoms with E-state index < -0.39 is 0 Å². The van der Waals surface area contributed by atoms with E-state index in [0.29, 0.717) is 24.7 Å². The largest absolute Gasteiger partial charge is 0.462 e. The summed E-state index contributed by atoms with van der Waals surface area (Å²) < 4.78 is 5.87. The maximum Gasteiger partial charge on any atom is 0.302 e. The van der Waals surface area contributed by atoms with Crippen molar-refractivity contribution in [2.24, 2.45) is 33.8 Å². The van der Waals surface area contributed by atoms with Crippen LogP contribution in [0.2, 0.25) is 0 Å². The van der Waals surface area contributed by atoms with Gasteiger partial charge in [-0.2, -0.15) is 4.91 Å². The molecule has 0 aromatic rings. The molecule has 0 aromatic heterocycles. The molecule has 3 fully saturated rings. The third-order valence-electron chi connectivity index (χ3n) is 8.27. The van der Waals surface area contributed by atoms with Gasteiger partial charge in [0.25, 0.3) is 0 Å². The summed E-state index contributed by atoms with van der Waals surface area (Å²) in [5, 5.41) is 3.46. The number of ketones is 1. The van der Waals surface area contributed by atoms with Gasteiger partial charge in [-0.15, -0.1) is 0 Å². The number of rotatable bonds is 2. The molecule has 0 amide bonds. The molecule has 3 saturated carbocycles. The summed E-state index contributed by atoms with van der Waals surface area (Å²) in [6.07, 6.45) is 7.65. The van der Waals surface area contributed by atoms with E-state index in [2.05, 4.69) is 19.0 Å². The van der Waals surface area contributed by atoms with Crippen LogP contribution in [0.1, 0.15) is 65.7 Å². The van der Waals surface area contributed by atoms with Crippen molar-refractivity contribution in [3.63, 3.8) is 0 Å². The van der Waals surface area contributed by atoms with E-state index in [0.717, 1.165) is 32.1 Å². The number of hydrogen-bond acceptors (Lipinski definition) is 5. The molecule has 0 aromatic carbocycles. The fourth-order valence-electron chi connectivity index (χ4n) is 7.12. The number of allylic oxidation sites excluding steroid dienone is 1. The van der Waals surface area contributed by atoms with Crippen LogP contribution in [0, 0.1) is 33.5 Å². The Bertz CT molecular complexity index is 685. The fraction of sp³-hybridized carbons (Fsp3) is 0.810. The zero-order valence-electron chi connectivity index (χ0n) is 16.0. The molecule has 5 nitrogen and oxygen atoms in total. The summed E-state index contributed by atoms with van der Waals surface area (Å²) in [7, 11) is 0. The molecule has 0 heterocycles. The molecule has 4 aliphatic rings. The number of hydrogen-bond donors (Lipinski definition) is 0. The van der Waals surface area contributed by atoms with E-state index in [-0.39, 0.29) is 40.6 Å². The van der Waals surface area contributed by atoms with Crippen LogP contribution < -0.4 is 0 Å². The quantitative estimate of drug-likeness (QED) is 0.547. The van der Waals surface area contributed by atoms with Crippen LogP contribution in [0.15, 0.2) is 16.8 Å². The second-order valence-electron chi connectivity index (χ2n) is 9.44. The molecule has 4 unspecified atom stereocenters. The SMILES string of the molecule is CC(=O)O[C@H]1C[C@]2(C)C(N=O)CCC2C2CCC3=CC(=O)CC[C@]3(C)C21. The number of nitroso groups, excluding NO2 is 1. The van der Waals surface area contributed by atoms with Gasteiger partial charge in [-0.3, -0.25) is 9.59 Å². The second-order valence-corrected chi connectivity index (χ2v) is 9.44. The molecule has 142 valence electrons. The molecule has 0 spiro atoms. The molecule has 0 bridgehead atoms. The summed E-state index contributed by atoms with van der Waals surface area (Å²) >= 11 is 0. The van der Waals surface area contributed by atoms with Gasteiger partial charge in [-0.1, -0.05) is 24.6 Å². The molecular formula is C21H29NO4. The first-order valence-electron chi connectivity index (χ1n) is 10.0. The standard InChI is InChI=1S/C21H29NO4/c1-12(23)26-17-11-21(3)16(6-7-18(21)22-25)15-5-4-13-10-14(24)8-9-20(13,2)19(15)17/h10,15-19H,4-9,11H2,1-3H3/t15?,16?,17-,18?,19?,20-,21-/m0/s1. The van der Waals surface area contributed by atoms with Crippen molar-refractivity contribution < 1.29 is 14.3 Å². The smallest absolute Gasteiger partial charge is 0.302 e. The predicted molar refractivity (Wildman–Crippen MR) is 97.2 cm³/mol. The molecule has 0 N–H and O–H groups in total. The Morgan fingerprint density at radius 1 is 1.23 bits per heavy atom. The highest BCUT2D eigenvalue weighted by Gasteiger charge is 2.63. The molecule has 0 radical (unpaired) electrons. The van der Waals surface area contributed by atoms with E-state index in [9.17, 15) is 14.5 Å². The number of fused-ring (bicyclic) bond motifs is 5. The van der Waals surface area contributed by atoms with Crippen LogP contribution in [0.25, 0.3) is 0 Å². The lowest BCUT2D eigenvalue weighted by Crippen LogP contribution is -2.57. The predicted octanol–water partition coefficient (Wildman–Crippen LogP) is 4.19. The van der Waals surface area contributed by atoms with Crippen LogP contribution in [0.5, 0.6) is 0 Å². The molecule has 7 atom stereocenters. The van der Waals surface area contributed by atoms with Crippen LogP contribution in [-0.2, 0) is 14.3 Å². The molecular weight excluding hydrogens is 330 g/mol. The Morgan fingerprint density at radius 2 is 2.00 bits per heavy atom. The number of esters is 1. The Morgan fingerprint density at radius 3 is 2.69 bits per heavy atom. The Balaban J connectivity index is 1.77. The lowest BCUT2D eigenvalue weighted by Gasteiger charge is -2.59. The van der Waals surface area contributed by atoms with Gasteiger partial charge in [0.05, 0.1) is 6.04 Å². The monoisotopic (exact) mass is 359 g/mol. The first-order chi connectivity index (χ1) is 12.3. The van der Waals surface area contributed by atoms with E-state index in [1.54, 1.807) is 0 Å². The van der Waals surface area contributed by atoms with Crippen molar-refractivity contribution in [1.82, 2.24) is 0 Å². The van der Waals surface area contributed by atoms with Gasteiger partial charge in [0, 0.05) is 19.3 Å². The maximum absolute atomic E-state index is 12.0. The first kappa shape index (κ1) is 17.9. The minimum atomic E-state index is -0.254. The molecule has 4 aliphatic carbocycles. The van der Waals surface area contributed by atoms with Crippen molar-refractivity contribution in [1.29, 1.82) is 0 Å². The Hall–Kier alpha value is -1.52. The molecule has 26 heavy (non-hydrogen) atoms. The summed E-state index contributed by atoms with van der Waals surface area (Å²) in [5.41, 5.74) is 0.995. The van der Waals surface area contributed by atoms with Crippen molar-refractivity contribution in [2.45, 2.75) is 77.9 Å². The highest BCUT2D eigenvalue weighted by atomic mass is 16.5. The van der Waals surface area contributed by atoms with E-state index >= 15 is 0 Å². The van der Waals surface area contributed by atoms with Gasteiger partial charge < -0.3 is 4.74 Å². The fourth-order valence-corrected chi connectivity index (χ4v) is 7.12. The summed E-state index contributed by atoms with van der Waals surface area (Å²) in [5.74, 6) is 1.10. The summed E-state index contributed by atoms with van der Waals surface area (Å²) in [4.78, 5) is 35.3. The first-order valence-corrected chi connectivity index (χ1v) is 10.0. The highest BCUT2D eigenvalue weighted by molar-refractivity contribution is 5.91. The Labute approximate surface area is 154 Å². The minimum absolute atomic E-state index is 0.0784. The van der Waals surface area contributed by atoms with E-state index in [1.165, 1.54) is 12.5 Å². The van der Waals surface area contributed by atoms with Gasteiger partial charge in [-0.25, -0.2) is 0 Å². The summed E-state index contributed by atoms with van der Waals surface area (Å²) in [6.45, 7) is 5.92. The van der Waals surface area contributed by atoms with Gasteiger partial charge in [-0.05, 0) is 67.3 Å². The zero-order chi connectivity index (χ0) is 18.7. The molecule has 4 rings (SSSR count). The number of carbonyl (C=O) groups excluding carboxylic acids is 2. The van der Waals surface area contributed by atoms with Crippen molar-refractivity contribution in [3.05, 3.63) is 16.6 Å². The normalized spacial score (nSPS) is 47.3. The van der Waals surface area contributed by atoms with Crippen LogP contribution in [0.3, 0.4) is 0 Å². The van der Waals surface area contributed by atoms with Crippen molar-refractivity contribution >= 4 is 11.8 Å². The third kappa shape index (κ3) is 2.42. The Kier molecular flexibility index (Phi) is 4.12. The maximum atomic E-state index is 12.0. The van der Waals surface area contributed by atoms with E-state index in [4.69, 9.17) is 4.74 Å². The topological polar surface area (TPSA) is 72.8 Å². The van der Waals surface area contributed by atoms with Gasteiger partial charge in [0.15, 0.2) is 5.78 Å².